The summed E-state index contributed by atoms with van der Waals surface area (Å²) in [5.41, 5.74) is 0.577. The molecule has 0 unspecified atom stereocenters. The van der Waals surface area contributed by atoms with Gasteiger partial charge in [-0.05, 0) is 24.8 Å². The normalized spacial score (nSPS) is 17.8. The summed E-state index contributed by atoms with van der Waals surface area (Å²) >= 11 is 0. The van der Waals surface area contributed by atoms with E-state index in [1.807, 2.05) is 19.3 Å². The van der Waals surface area contributed by atoms with Crippen molar-refractivity contribution in [3.8, 4) is 0 Å². The monoisotopic (exact) mass is 238 g/mol. The maximum absolute atomic E-state index is 9.71. The van der Waals surface area contributed by atoms with E-state index >= 15 is 0 Å². The summed E-state index contributed by atoms with van der Waals surface area (Å²) in [6.45, 7) is 0.0927. The van der Waals surface area contributed by atoms with Gasteiger partial charge in [0.05, 0.1) is 18.9 Å². The number of rotatable bonds is 5. The first-order chi connectivity index (χ1) is 8.20. The summed E-state index contributed by atoms with van der Waals surface area (Å²) in [5.74, 6) is 0.430. The quantitative estimate of drug-likeness (QED) is 0.808. The molecule has 2 N–H and O–H groups in total. The SMILES string of the molecule is Cn1ccc(CC(CO)(CO)C2CCCC2)n1. The Bertz CT molecular complexity index is 352. The molecular weight excluding hydrogens is 216 g/mol. The fourth-order valence-electron chi connectivity index (χ4n) is 3.02. The molecule has 0 saturated heterocycles. The molecule has 2 rings (SSSR count). The van der Waals surface area contributed by atoms with Crippen molar-refractivity contribution in [2.24, 2.45) is 18.4 Å². The minimum atomic E-state index is -0.384. The van der Waals surface area contributed by atoms with Crippen molar-refractivity contribution in [2.45, 2.75) is 32.1 Å². The lowest BCUT2D eigenvalue weighted by atomic mass is 9.72. The lowest BCUT2D eigenvalue weighted by Gasteiger charge is -2.35. The van der Waals surface area contributed by atoms with Crippen LogP contribution < -0.4 is 0 Å². The highest BCUT2D eigenvalue weighted by Gasteiger charge is 2.39. The molecule has 0 spiro atoms. The molecule has 1 heterocycles. The van der Waals surface area contributed by atoms with E-state index in [1.165, 1.54) is 12.8 Å². The first-order valence-electron chi connectivity index (χ1n) is 6.40. The summed E-state index contributed by atoms with van der Waals surface area (Å²) in [5, 5.41) is 23.8. The number of aromatic nitrogens is 2. The van der Waals surface area contributed by atoms with Crippen LogP contribution in [0.3, 0.4) is 0 Å². The van der Waals surface area contributed by atoms with Crippen molar-refractivity contribution in [2.75, 3.05) is 13.2 Å². The smallest absolute Gasteiger partial charge is 0.0631 e. The number of aryl methyl sites for hydroxylation is 1. The van der Waals surface area contributed by atoms with Gasteiger partial charge >= 0.3 is 0 Å². The van der Waals surface area contributed by atoms with Crippen LogP contribution in [0.2, 0.25) is 0 Å². The Kier molecular flexibility index (Phi) is 3.84. The van der Waals surface area contributed by atoms with Crippen LogP contribution in [-0.2, 0) is 13.5 Å². The van der Waals surface area contributed by atoms with E-state index in [1.54, 1.807) is 4.68 Å². The van der Waals surface area contributed by atoms with E-state index in [0.717, 1.165) is 18.5 Å². The predicted molar refractivity (Wildman–Crippen MR) is 65.5 cm³/mol. The van der Waals surface area contributed by atoms with Gasteiger partial charge in [-0.1, -0.05) is 12.8 Å². The molecule has 17 heavy (non-hydrogen) atoms. The zero-order valence-corrected chi connectivity index (χ0v) is 10.5. The van der Waals surface area contributed by atoms with Crippen LogP contribution in [0, 0.1) is 11.3 Å². The summed E-state index contributed by atoms with van der Waals surface area (Å²) in [7, 11) is 1.89. The average Bonchev–Trinajstić information content (AvgIpc) is 2.98. The van der Waals surface area contributed by atoms with Crippen molar-refractivity contribution in [3.63, 3.8) is 0 Å². The minimum Gasteiger partial charge on any atom is -0.396 e. The number of aliphatic hydroxyl groups excluding tert-OH is 2. The molecule has 1 saturated carbocycles. The Labute approximate surface area is 102 Å². The molecule has 1 aliphatic rings. The molecule has 0 amide bonds. The van der Waals surface area contributed by atoms with Gasteiger partial charge in [0.15, 0.2) is 0 Å². The van der Waals surface area contributed by atoms with E-state index in [2.05, 4.69) is 5.10 Å². The molecule has 1 fully saturated rings. The Morgan fingerprint density at radius 1 is 1.35 bits per heavy atom. The van der Waals surface area contributed by atoms with Gasteiger partial charge < -0.3 is 10.2 Å². The molecule has 1 aliphatic carbocycles. The highest BCUT2D eigenvalue weighted by atomic mass is 16.3. The molecule has 0 aromatic carbocycles. The first-order valence-corrected chi connectivity index (χ1v) is 6.40. The second-order valence-electron chi connectivity index (χ2n) is 5.32. The zero-order chi connectivity index (χ0) is 12.3. The maximum Gasteiger partial charge on any atom is 0.0631 e. The van der Waals surface area contributed by atoms with E-state index in [9.17, 15) is 10.2 Å². The van der Waals surface area contributed by atoms with Crippen molar-refractivity contribution < 1.29 is 10.2 Å². The van der Waals surface area contributed by atoms with Gasteiger partial charge in [-0.25, -0.2) is 0 Å². The van der Waals surface area contributed by atoms with Gasteiger partial charge in [-0.3, -0.25) is 4.68 Å². The standard InChI is InChI=1S/C13H22N2O2/c1-15-7-6-12(14-15)8-13(9-16,10-17)11-4-2-3-5-11/h6-7,11,16-17H,2-5,8-10H2,1H3. The molecule has 0 aliphatic heterocycles. The maximum atomic E-state index is 9.71. The fourth-order valence-corrected chi connectivity index (χ4v) is 3.02. The van der Waals surface area contributed by atoms with Gasteiger partial charge in [-0.15, -0.1) is 0 Å². The molecule has 4 nitrogen and oxygen atoms in total. The van der Waals surface area contributed by atoms with Gasteiger partial charge in [0.2, 0.25) is 0 Å². The topological polar surface area (TPSA) is 58.3 Å². The molecule has 0 bridgehead atoms. The van der Waals surface area contributed by atoms with Crippen LogP contribution in [-0.4, -0.2) is 33.2 Å². The van der Waals surface area contributed by atoms with E-state index in [0.29, 0.717) is 12.3 Å². The third-order valence-corrected chi connectivity index (χ3v) is 4.15. The number of aliphatic hydroxyl groups is 2. The van der Waals surface area contributed by atoms with Crippen LogP contribution in [0.5, 0.6) is 0 Å². The average molecular weight is 238 g/mol. The van der Waals surface area contributed by atoms with Gasteiger partial charge in [0, 0.05) is 25.1 Å². The zero-order valence-electron chi connectivity index (χ0n) is 10.5. The Balaban J connectivity index is 2.15. The van der Waals surface area contributed by atoms with E-state index < -0.39 is 0 Å². The lowest BCUT2D eigenvalue weighted by Crippen LogP contribution is -2.39. The summed E-state index contributed by atoms with van der Waals surface area (Å²) in [6, 6.07) is 1.97. The van der Waals surface area contributed by atoms with Crippen molar-refractivity contribution in [3.05, 3.63) is 18.0 Å². The van der Waals surface area contributed by atoms with Gasteiger partial charge in [0.25, 0.3) is 0 Å². The summed E-state index contributed by atoms with van der Waals surface area (Å²) < 4.78 is 1.77. The highest BCUT2D eigenvalue weighted by Crippen LogP contribution is 2.41. The molecule has 1 aromatic heterocycles. The summed E-state index contributed by atoms with van der Waals surface area (Å²) in [4.78, 5) is 0. The van der Waals surface area contributed by atoms with Crippen molar-refractivity contribution in [1.82, 2.24) is 9.78 Å². The van der Waals surface area contributed by atoms with Crippen LogP contribution in [0.1, 0.15) is 31.4 Å². The third-order valence-electron chi connectivity index (χ3n) is 4.15. The fraction of sp³-hybridized carbons (Fsp3) is 0.769. The van der Waals surface area contributed by atoms with Crippen LogP contribution in [0.15, 0.2) is 12.3 Å². The molecule has 0 atom stereocenters. The first kappa shape index (κ1) is 12.6. The molecule has 1 aromatic rings. The number of hydrogen-bond acceptors (Lipinski definition) is 3. The Hall–Kier alpha value is -0.870. The number of hydrogen-bond donors (Lipinski definition) is 2. The van der Waals surface area contributed by atoms with Crippen molar-refractivity contribution >= 4 is 0 Å². The van der Waals surface area contributed by atoms with Crippen LogP contribution in [0.4, 0.5) is 0 Å². The summed E-state index contributed by atoms with van der Waals surface area (Å²) in [6.07, 6.45) is 7.25. The second kappa shape index (κ2) is 5.19. The minimum absolute atomic E-state index is 0.0464. The molecular formula is C13H22N2O2. The molecule has 4 heteroatoms. The van der Waals surface area contributed by atoms with Gasteiger partial charge in [0.1, 0.15) is 0 Å². The molecule has 0 radical (unpaired) electrons. The van der Waals surface area contributed by atoms with Gasteiger partial charge in [-0.2, -0.15) is 5.10 Å². The number of nitrogens with zero attached hydrogens (tertiary/aromatic N) is 2. The predicted octanol–water partition coefficient (Wildman–Crippen LogP) is 1.12. The molecule has 96 valence electrons. The highest BCUT2D eigenvalue weighted by molar-refractivity contribution is 5.05. The van der Waals surface area contributed by atoms with E-state index in [-0.39, 0.29) is 18.6 Å². The van der Waals surface area contributed by atoms with Crippen molar-refractivity contribution in [1.29, 1.82) is 0 Å². The third kappa shape index (κ3) is 2.53. The largest absolute Gasteiger partial charge is 0.396 e. The van der Waals surface area contributed by atoms with Crippen LogP contribution >= 0.6 is 0 Å². The lowest BCUT2D eigenvalue weighted by molar-refractivity contribution is 0.00488. The second-order valence-corrected chi connectivity index (χ2v) is 5.32. The Morgan fingerprint density at radius 2 is 2.00 bits per heavy atom. The van der Waals surface area contributed by atoms with E-state index in [4.69, 9.17) is 0 Å². The Morgan fingerprint density at radius 3 is 2.47 bits per heavy atom. The van der Waals surface area contributed by atoms with Crippen LogP contribution in [0.25, 0.3) is 0 Å².